The number of fused-ring (bicyclic) bond motifs is 1. The molecule has 0 aliphatic carbocycles. The number of nitrogens with zero attached hydrogens (tertiary/aromatic N) is 2. The van der Waals surface area contributed by atoms with Crippen LogP contribution >= 0.6 is 0 Å². The van der Waals surface area contributed by atoms with Crippen LogP contribution in [0.15, 0.2) is 22.6 Å². The molecular formula is C12H15N3O5. The topological polar surface area (TPSA) is 111 Å². The molecule has 1 aromatic heterocycles. The molecule has 1 aromatic carbocycles. The van der Waals surface area contributed by atoms with Crippen LogP contribution < -0.4 is 5.32 Å². The second-order valence-corrected chi connectivity index (χ2v) is 4.24. The molecule has 0 aliphatic rings. The summed E-state index contributed by atoms with van der Waals surface area (Å²) in [6.45, 7) is 0.395. The Morgan fingerprint density at radius 3 is 3.05 bits per heavy atom. The monoisotopic (exact) mass is 281 g/mol. The van der Waals surface area contributed by atoms with Crippen LogP contribution in [0.2, 0.25) is 0 Å². The van der Waals surface area contributed by atoms with Crippen molar-refractivity contribution in [1.29, 1.82) is 0 Å². The number of aromatic nitrogens is 1. The minimum Gasteiger partial charge on any atom is -0.424 e. The highest BCUT2D eigenvalue weighted by Crippen LogP contribution is 2.24. The van der Waals surface area contributed by atoms with E-state index in [4.69, 9.17) is 14.3 Å². The summed E-state index contributed by atoms with van der Waals surface area (Å²) in [5.74, 6) is 0. The average molecular weight is 281 g/mol. The largest absolute Gasteiger partial charge is 0.424 e. The van der Waals surface area contributed by atoms with E-state index >= 15 is 0 Å². The molecule has 2 N–H and O–H groups in total. The Hall–Kier alpha value is -2.19. The lowest BCUT2D eigenvalue weighted by atomic mass is 10.2. The third kappa shape index (κ3) is 3.22. The molecule has 8 nitrogen and oxygen atoms in total. The van der Waals surface area contributed by atoms with E-state index in [1.807, 2.05) is 0 Å². The number of non-ortho nitro benzene ring substituents is 1. The first kappa shape index (κ1) is 14.2. The first-order valence-corrected chi connectivity index (χ1v) is 6.05. The van der Waals surface area contributed by atoms with Gasteiger partial charge in [0.25, 0.3) is 11.7 Å². The third-order valence-corrected chi connectivity index (χ3v) is 2.75. The van der Waals surface area contributed by atoms with Crippen LogP contribution in [-0.2, 0) is 4.74 Å². The van der Waals surface area contributed by atoms with Gasteiger partial charge in [0.05, 0.1) is 17.6 Å². The minimum atomic E-state index is -0.485. The maximum Gasteiger partial charge on any atom is 0.295 e. The lowest BCUT2D eigenvalue weighted by molar-refractivity contribution is -0.384. The molecule has 20 heavy (non-hydrogen) atoms. The summed E-state index contributed by atoms with van der Waals surface area (Å²) in [4.78, 5) is 14.3. The van der Waals surface area contributed by atoms with E-state index in [0.29, 0.717) is 24.1 Å². The molecule has 108 valence electrons. The van der Waals surface area contributed by atoms with Gasteiger partial charge in [0.15, 0.2) is 5.58 Å². The number of rotatable bonds is 7. The predicted octanol–water partition coefficient (Wildman–Crippen LogP) is 1.55. The van der Waals surface area contributed by atoms with Crippen molar-refractivity contribution in [1.82, 2.24) is 4.98 Å². The van der Waals surface area contributed by atoms with Crippen molar-refractivity contribution < 1.29 is 19.2 Å². The van der Waals surface area contributed by atoms with E-state index in [0.717, 1.165) is 0 Å². The fourth-order valence-corrected chi connectivity index (χ4v) is 1.82. The van der Waals surface area contributed by atoms with Gasteiger partial charge < -0.3 is 19.6 Å². The van der Waals surface area contributed by atoms with Crippen molar-refractivity contribution in [3.05, 3.63) is 28.3 Å². The van der Waals surface area contributed by atoms with E-state index in [9.17, 15) is 10.1 Å². The Labute approximate surface area is 114 Å². The van der Waals surface area contributed by atoms with Gasteiger partial charge in [-0.25, -0.2) is 0 Å². The third-order valence-electron chi connectivity index (χ3n) is 2.75. The minimum absolute atomic E-state index is 0.00667. The maximum atomic E-state index is 10.7. The zero-order chi connectivity index (χ0) is 14.5. The number of oxazole rings is 1. The summed E-state index contributed by atoms with van der Waals surface area (Å²) in [7, 11) is 1.56. The summed E-state index contributed by atoms with van der Waals surface area (Å²) in [5, 5.41) is 22.6. The van der Waals surface area contributed by atoms with E-state index < -0.39 is 4.92 Å². The number of hydrogen-bond acceptors (Lipinski definition) is 7. The zero-order valence-electron chi connectivity index (χ0n) is 10.9. The SMILES string of the molecule is COCC(CCO)Nc1nc2cc([N+](=O)[O-])ccc2o1. The average Bonchev–Trinajstić information content (AvgIpc) is 2.80. The van der Waals surface area contributed by atoms with Crippen molar-refractivity contribution in [2.45, 2.75) is 12.5 Å². The number of nitrogens with one attached hydrogen (secondary N) is 1. The molecule has 2 aromatic rings. The molecule has 2 rings (SSSR count). The van der Waals surface area contributed by atoms with E-state index in [1.54, 1.807) is 7.11 Å². The number of hydrogen-bond donors (Lipinski definition) is 2. The zero-order valence-corrected chi connectivity index (χ0v) is 10.9. The molecule has 0 bridgehead atoms. The number of nitro groups is 1. The number of methoxy groups -OCH3 is 1. The van der Waals surface area contributed by atoms with Gasteiger partial charge in [-0.1, -0.05) is 0 Å². The van der Waals surface area contributed by atoms with Crippen molar-refractivity contribution >= 4 is 22.8 Å². The summed E-state index contributed by atoms with van der Waals surface area (Å²) >= 11 is 0. The van der Waals surface area contributed by atoms with Crippen molar-refractivity contribution in [2.24, 2.45) is 0 Å². The summed E-state index contributed by atoms with van der Waals surface area (Å²) < 4.78 is 10.5. The standard InChI is InChI=1S/C12H15N3O5/c1-19-7-8(4-5-16)13-12-14-10-6-9(15(17)18)2-3-11(10)20-12/h2-3,6,8,16H,4-5,7H2,1H3,(H,13,14). The Balaban J connectivity index is 2.20. The molecule has 0 amide bonds. The maximum absolute atomic E-state index is 10.7. The van der Waals surface area contributed by atoms with Gasteiger partial charge in [-0.3, -0.25) is 10.1 Å². The van der Waals surface area contributed by atoms with Crippen molar-refractivity contribution in [3.63, 3.8) is 0 Å². The van der Waals surface area contributed by atoms with Crippen LogP contribution in [-0.4, -0.2) is 41.4 Å². The highest BCUT2D eigenvalue weighted by atomic mass is 16.6. The summed E-state index contributed by atoms with van der Waals surface area (Å²) in [6.07, 6.45) is 0.479. The fraction of sp³-hybridized carbons (Fsp3) is 0.417. The Kier molecular flexibility index (Phi) is 4.49. The number of benzene rings is 1. The van der Waals surface area contributed by atoms with Gasteiger partial charge in [-0.05, 0) is 12.5 Å². The van der Waals surface area contributed by atoms with Crippen LogP contribution in [0.4, 0.5) is 11.7 Å². The number of aliphatic hydroxyl groups excluding tert-OH is 1. The Bertz CT molecular complexity index is 592. The molecule has 0 saturated carbocycles. The van der Waals surface area contributed by atoms with E-state index in [2.05, 4.69) is 10.3 Å². The summed E-state index contributed by atoms with van der Waals surface area (Å²) in [5.41, 5.74) is 0.821. The first-order valence-electron chi connectivity index (χ1n) is 6.05. The lowest BCUT2D eigenvalue weighted by Gasteiger charge is -2.14. The molecule has 0 aliphatic heterocycles. The van der Waals surface area contributed by atoms with Crippen LogP contribution in [0, 0.1) is 10.1 Å². The van der Waals surface area contributed by atoms with Crippen molar-refractivity contribution in [3.8, 4) is 0 Å². The molecule has 8 heteroatoms. The van der Waals surface area contributed by atoms with Gasteiger partial charge in [0.2, 0.25) is 0 Å². The molecule has 0 spiro atoms. The quantitative estimate of drug-likeness (QED) is 0.585. The predicted molar refractivity (Wildman–Crippen MR) is 71.7 cm³/mol. The van der Waals surface area contributed by atoms with Crippen LogP contribution in [0.3, 0.4) is 0 Å². The number of nitro benzene ring substituents is 1. The van der Waals surface area contributed by atoms with E-state index in [-0.39, 0.29) is 24.4 Å². The first-order chi connectivity index (χ1) is 9.63. The van der Waals surface area contributed by atoms with Gasteiger partial charge in [0, 0.05) is 25.8 Å². The van der Waals surface area contributed by atoms with Crippen LogP contribution in [0.5, 0.6) is 0 Å². The lowest BCUT2D eigenvalue weighted by Crippen LogP contribution is -2.26. The van der Waals surface area contributed by atoms with Gasteiger partial charge in [-0.2, -0.15) is 4.98 Å². The molecular weight excluding hydrogens is 266 g/mol. The molecule has 1 heterocycles. The molecule has 1 unspecified atom stereocenters. The smallest absolute Gasteiger partial charge is 0.295 e. The molecule has 0 fully saturated rings. The van der Waals surface area contributed by atoms with E-state index in [1.165, 1.54) is 18.2 Å². The normalized spacial score (nSPS) is 12.5. The fourth-order valence-electron chi connectivity index (χ4n) is 1.82. The second-order valence-electron chi connectivity index (χ2n) is 4.24. The second kappa shape index (κ2) is 6.31. The van der Waals surface area contributed by atoms with Gasteiger partial charge in [-0.15, -0.1) is 0 Å². The molecule has 1 atom stereocenters. The Morgan fingerprint density at radius 2 is 2.40 bits per heavy atom. The van der Waals surface area contributed by atoms with Crippen LogP contribution in [0.25, 0.3) is 11.1 Å². The van der Waals surface area contributed by atoms with Gasteiger partial charge >= 0.3 is 0 Å². The van der Waals surface area contributed by atoms with Gasteiger partial charge in [0.1, 0.15) is 5.52 Å². The highest BCUT2D eigenvalue weighted by Gasteiger charge is 2.14. The van der Waals surface area contributed by atoms with Crippen molar-refractivity contribution in [2.75, 3.05) is 25.6 Å². The van der Waals surface area contributed by atoms with Crippen LogP contribution in [0.1, 0.15) is 6.42 Å². The summed E-state index contributed by atoms with van der Waals surface area (Å²) in [6, 6.07) is 4.31. The Morgan fingerprint density at radius 1 is 1.60 bits per heavy atom. The highest BCUT2D eigenvalue weighted by molar-refractivity contribution is 5.77. The number of anilines is 1. The molecule has 0 radical (unpaired) electrons. The number of ether oxygens (including phenoxy) is 1. The molecule has 0 saturated heterocycles. The number of aliphatic hydroxyl groups is 1.